The van der Waals surface area contributed by atoms with Gasteiger partial charge in [-0.15, -0.1) is 0 Å². The van der Waals surface area contributed by atoms with Crippen LogP contribution in [0.4, 0.5) is 4.79 Å². The van der Waals surface area contributed by atoms with Crippen LogP contribution in [-0.2, 0) is 11.3 Å². The highest BCUT2D eigenvalue weighted by molar-refractivity contribution is 5.89. The van der Waals surface area contributed by atoms with Crippen LogP contribution >= 0.6 is 0 Å². The SMILES string of the molecule is CCC(OC(N)=O)c1cc2n(c(=O)c1C)Cc1cc3ccccc3cc1-2. The highest BCUT2D eigenvalue weighted by atomic mass is 16.6. The number of nitrogens with two attached hydrogens (primary N) is 1. The second kappa shape index (κ2) is 6.02. The Morgan fingerprint density at radius 2 is 1.92 bits per heavy atom. The Bertz CT molecular complexity index is 1100. The molecule has 2 aromatic carbocycles. The highest BCUT2D eigenvalue weighted by Gasteiger charge is 2.26. The lowest BCUT2D eigenvalue weighted by Gasteiger charge is -2.19. The molecule has 2 N–H and O–H groups in total. The molecule has 0 bridgehead atoms. The zero-order chi connectivity index (χ0) is 18.4. The van der Waals surface area contributed by atoms with E-state index in [9.17, 15) is 9.59 Å². The Kier molecular flexibility index (Phi) is 3.80. The number of fused-ring (bicyclic) bond motifs is 4. The van der Waals surface area contributed by atoms with Gasteiger partial charge in [-0.2, -0.15) is 0 Å². The van der Waals surface area contributed by atoms with Crippen molar-refractivity contribution in [3.8, 4) is 11.3 Å². The first-order valence-corrected chi connectivity index (χ1v) is 8.72. The fourth-order valence-electron chi connectivity index (χ4n) is 3.82. The van der Waals surface area contributed by atoms with Gasteiger partial charge >= 0.3 is 6.09 Å². The van der Waals surface area contributed by atoms with Gasteiger partial charge in [-0.3, -0.25) is 4.79 Å². The van der Waals surface area contributed by atoms with E-state index in [-0.39, 0.29) is 5.56 Å². The minimum atomic E-state index is -0.830. The first-order valence-electron chi connectivity index (χ1n) is 8.72. The summed E-state index contributed by atoms with van der Waals surface area (Å²) in [5, 5.41) is 2.29. The summed E-state index contributed by atoms with van der Waals surface area (Å²) in [6.07, 6.45) is -0.795. The van der Waals surface area contributed by atoms with Crippen LogP contribution in [0, 0.1) is 6.92 Å². The van der Waals surface area contributed by atoms with Crippen LogP contribution in [0.15, 0.2) is 47.3 Å². The third-order valence-electron chi connectivity index (χ3n) is 5.13. The van der Waals surface area contributed by atoms with E-state index >= 15 is 0 Å². The molecule has 0 radical (unpaired) electrons. The summed E-state index contributed by atoms with van der Waals surface area (Å²) in [4.78, 5) is 24.2. The fourth-order valence-corrected chi connectivity index (χ4v) is 3.82. The van der Waals surface area contributed by atoms with Gasteiger partial charge in [0.1, 0.15) is 6.10 Å². The van der Waals surface area contributed by atoms with Crippen molar-refractivity contribution in [1.29, 1.82) is 0 Å². The summed E-state index contributed by atoms with van der Waals surface area (Å²) in [5.41, 5.74) is 9.51. The molecule has 5 nitrogen and oxygen atoms in total. The lowest BCUT2D eigenvalue weighted by molar-refractivity contribution is 0.104. The molecule has 1 aliphatic heterocycles. The van der Waals surface area contributed by atoms with E-state index in [0.29, 0.717) is 18.5 Å². The van der Waals surface area contributed by atoms with Crippen LogP contribution in [0.3, 0.4) is 0 Å². The lowest BCUT2D eigenvalue weighted by atomic mass is 9.98. The third kappa shape index (κ3) is 2.47. The molecule has 0 saturated heterocycles. The minimum absolute atomic E-state index is 0.0516. The Balaban J connectivity index is 1.92. The number of pyridine rings is 1. The summed E-state index contributed by atoms with van der Waals surface area (Å²) >= 11 is 0. The van der Waals surface area contributed by atoms with Gasteiger partial charge in [-0.05, 0) is 47.9 Å². The Hall–Kier alpha value is -3.08. The molecule has 0 aliphatic carbocycles. The van der Waals surface area contributed by atoms with Gasteiger partial charge in [-0.1, -0.05) is 31.2 Å². The van der Waals surface area contributed by atoms with Gasteiger partial charge < -0.3 is 15.0 Å². The molecule has 5 heteroatoms. The van der Waals surface area contributed by atoms with E-state index in [1.165, 1.54) is 0 Å². The van der Waals surface area contributed by atoms with Crippen LogP contribution in [0.5, 0.6) is 0 Å². The molecular weight excluding hydrogens is 328 g/mol. The van der Waals surface area contributed by atoms with E-state index in [4.69, 9.17) is 10.5 Å². The van der Waals surface area contributed by atoms with Crippen LogP contribution in [0.25, 0.3) is 22.0 Å². The third-order valence-corrected chi connectivity index (χ3v) is 5.13. The number of benzene rings is 2. The highest BCUT2D eigenvalue weighted by Crippen LogP contribution is 2.36. The number of primary amides is 1. The maximum atomic E-state index is 12.9. The van der Waals surface area contributed by atoms with Crippen LogP contribution in [0.2, 0.25) is 0 Å². The summed E-state index contributed by atoms with van der Waals surface area (Å²) in [6, 6.07) is 14.4. The van der Waals surface area contributed by atoms with Crippen molar-refractivity contribution in [1.82, 2.24) is 4.57 Å². The van der Waals surface area contributed by atoms with Gasteiger partial charge in [0.25, 0.3) is 5.56 Å². The number of aromatic nitrogens is 1. The number of rotatable bonds is 3. The van der Waals surface area contributed by atoms with Crippen molar-refractivity contribution in [2.75, 3.05) is 0 Å². The minimum Gasteiger partial charge on any atom is -0.442 e. The maximum Gasteiger partial charge on any atom is 0.405 e. The molecule has 0 fully saturated rings. The zero-order valence-corrected chi connectivity index (χ0v) is 14.8. The molecule has 26 heavy (non-hydrogen) atoms. The van der Waals surface area contributed by atoms with E-state index in [0.717, 1.165) is 33.2 Å². The molecule has 3 aromatic rings. The quantitative estimate of drug-likeness (QED) is 0.610. The van der Waals surface area contributed by atoms with Crippen molar-refractivity contribution in [2.24, 2.45) is 5.73 Å². The predicted octanol–water partition coefficient (Wildman–Crippen LogP) is 3.89. The van der Waals surface area contributed by atoms with Crippen molar-refractivity contribution in [3.05, 3.63) is 69.5 Å². The average molecular weight is 348 g/mol. The van der Waals surface area contributed by atoms with E-state index in [1.54, 1.807) is 11.5 Å². The summed E-state index contributed by atoms with van der Waals surface area (Å²) in [6.45, 7) is 4.24. The second-order valence-corrected chi connectivity index (χ2v) is 6.69. The molecule has 1 amide bonds. The first kappa shape index (κ1) is 16.4. The Morgan fingerprint density at radius 1 is 1.23 bits per heavy atom. The molecule has 4 rings (SSSR count). The molecule has 1 unspecified atom stereocenters. The Labute approximate surface area is 151 Å². The smallest absolute Gasteiger partial charge is 0.405 e. The van der Waals surface area contributed by atoms with Gasteiger partial charge in [0.05, 0.1) is 12.2 Å². The van der Waals surface area contributed by atoms with Crippen molar-refractivity contribution in [2.45, 2.75) is 32.9 Å². The molecular formula is C21H20N2O3. The van der Waals surface area contributed by atoms with E-state index < -0.39 is 12.2 Å². The number of hydrogen-bond donors (Lipinski definition) is 1. The average Bonchev–Trinajstić information content (AvgIpc) is 2.98. The number of carbonyl (C=O) groups is 1. The molecule has 0 saturated carbocycles. The molecule has 1 aromatic heterocycles. The normalized spacial score (nSPS) is 13.3. The molecule has 2 heterocycles. The van der Waals surface area contributed by atoms with Crippen molar-refractivity contribution >= 4 is 16.9 Å². The molecule has 132 valence electrons. The van der Waals surface area contributed by atoms with Crippen LogP contribution < -0.4 is 11.3 Å². The van der Waals surface area contributed by atoms with Gasteiger partial charge in [-0.25, -0.2) is 4.79 Å². The summed E-state index contributed by atoms with van der Waals surface area (Å²) < 4.78 is 7.02. The second-order valence-electron chi connectivity index (χ2n) is 6.69. The number of nitrogens with zero attached hydrogens (tertiary/aromatic N) is 1. The number of ether oxygens (including phenoxy) is 1. The monoisotopic (exact) mass is 348 g/mol. The fraction of sp³-hybridized carbons (Fsp3) is 0.238. The molecule has 0 spiro atoms. The van der Waals surface area contributed by atoms with Crippen molar-refractivity contribution in [3.63, 3.8) is 0 Å². The van der Waals surface area contributed by atoms with Crippen LogP contribution in [-0.4, -0.2) is 10.7 Å². The van der Waals surface area contributed by atoms with E-state index in [2.05, 4.69) is 24.3 Å². The number of carbonyl (C=O) groups excluding carboxylic acids is 1. The largest absolute Gasteiger partial charge is 0.442 e. The number of amides is 1. The van der Waals surface area contributed by atoms with Gasteiger partial charge in [0.15, 0.2) is 0 Å². The summed E-state index contributed by atoms with van der Waals surface area (Å²) in [5.74, 6) is 0. The standard InChI is InChI=1S/C21H20N2O3/c1-3-19(26-21(22)25)16-10-18-17-9-14-7-5-4-6-13(14)8-15(17)11-23(18)20(24)12(16)2/h4-10,19H,3,11H2,1-2H3,(H2,22,25). The van der Waals surface area contributed by atoms with Crippen LogP contribution in [0.1, 0.15) is 36.1 Å². The maximum absolute atomic E-state index is 12.9. The van der Waals surface area contributed by atoms with Gasteiger partial charge in [0, 0.05) is 16.7 Å². The van der Waals surface area contributed by atoms with Gasteiger partial charge in [0.2, 0.25) is 0 Å². The first-order chi connectivity index (χ1) is 12.5. The molecule has 1 atom stereocenters. The van der Waals surface area contributed by atoms with Crippen molar-refractivity contribution < 1.29 is 9.53 Å². The zero-order valence-electron chi connectivity index (χ0n) is 14.8. The topological polar surface area (TPSA) is 74.3 Å². The number of hydrogen-bond acceptors (Lipinski definition) is 3. The predicted molar refractivity (Wildman–Crippen MR) is 101 cm³/mol. The van der Waals surface area contributed by atoms with E-state index in [1.807, 2.05) is 25.1 Å². The Morgan fingerprint density at radius 3 is 2.58 bits per heavy atom. The lowest BCUT2D eigenvalue weighted by Crippen LogP contribution is -2.25. The molecule has 1 aliphatic rings. The summed E-state index contributed by atoms with van der Waals surface area (Å²) in [7, 11) is 0.